The van der Waals surface area contributed by atoms with Gasteiger partial charge in [0.05, 0.1) is 16.9 Å². The average molecular weight is 506 g/mol. The van der Waals surface area contributed by atoms with Gasteiger partial charge in [-0.05, 0) is 65.7 Å². The van der Waals surface area contributed by atoms with Crippen LogP contribution in [0.2, 0.25) is 0 Å². The van der Waals surface area contributed by atoms with Crippen molar-refractivity contribution in [1.82, 2.24) is 25.4 Å². The number of nitrogens with zero attached hydrogens (tertiary/aromatic N) is 5. The highest BCUT2D eigenvalue weighted by Gasteiger charge is 2.38. The van der Waals surface area contributed by atoms with Crippen molar-refractivity contribution in [3.63, 3.8) is 0 Å². The molecule has 2 aliphatic heterocycles. The third-order valence-corrected chi connectivity index (χ3v) is 6.39. The molecule has 2 aromatic rings. The highest BCUT2D eigenvalue weighted by atomic mass is 19.4. The van der Waals surface area contributed by atoms with Crippen LogP contribution in [0.5, 0.6) is 0 Å². The summed E-state index contributed by atoms with van der Waals surface area (Å²) in [5.41, 5.74) is 2.89. The molecule has 0 saturated carbocycles. The van der Waals surface area contributed by atoms with Crippen LogP contribution in [0.4, 0.5) is 18.9 Å². The molecule has 0 aromatic carbocycles. The van der Waals surface area contributed by atoms with Crippen molar-refractivity contribution in [2.24, 2.45) is 4.99 Å². The molecule has 1 saturated heterocycles. The van der Waals surface area contributed by atoms with Gasteiger partial charge >= 0.3 is 12.1 Å². The zero-order valence-electron chi connectivity index (χ0n) is 21.4. The largest absolute Gasteiger partial charge is 0.470 e. The second-order valence-corrected chi connectivity index (χ2v) is 10.8. The minimum Gasteiger partial charge on any atom is -0.411 e. The van der Waals surface area contributed by atoms with Gasteiger partial charge in [0.1, 0.15) is 5.69 Å². The van der Waals surface area contributed by atoms with Gasteiger partial charge in [-0.15, -0.1) is 10.2 Å². The quantitative estimate of drug-likeness (QED) is 0.519. The molecule has 0 spiro atoms. The van der Waals surface area contributed by atoms with E-state index in [0.717, 1.165) is 43.9 Å². The summed E-state index contributed by atoms with van der Waals surface area (Å²) in [7, 11) is 0. The Kier molecular flexibility index (Phi) is 7.14. The maximum atomic E-state index is 13.0. The van der Waals surface area contributed by atoms with Crippen molar-refractivity contribution in [2.75, 3.05) is 31.5 Å². The molecule has 0 aliphatic carbocycles. The van der Waals surface area contributed by atoms with Crippen molar-refractivity contribution >= 4 is 11.9 Å². The normalized spacial score (nSPS) is 18.6. The first-order valence-corrected chi connectivity index (χ1v) is 12.3. The van der Waals surface area contributed by atoms with E-state index in [1.54, 1.807) is 6.07 Å². The van der Waals surface area contributed by atoms with Crippen molar-refractivity contribution < 1.29 is 17.6 Å². The minimum absolute atomic E-state index is 0.00000713. The van der Waals surface area contributed by atoms with E-state index in [4.69, 9.17) is 9.40 Å². The van der Waals surface area contributed by atoms with Crippen molar-refractivity contribution in [1.29, 1.82) is 0 Å². The summed E-state index contributed by atoms with van der Waals surface area (Å²) in [4.78, 5) is 11.6. The Bertz CT molecular complexity index is 1120. The Balaban J connectivity index is 1.54. The molecule has 4 heterocycles. The molecular formula is C25H34F3N7O. The Hall–Kier alpha value is -2.95. The number of pyridine rings is 1. The van der Waals surface area contributed by atoms with Crippen LogP contribution in [0.3, 0.4) is 0 Å². The number of likely N-dealkylation sites (tertiary alicyclic amines) is 1. The number of halogens is 3. The lowest BCUT2D eigenvalue weighted by atomic mass is 9.90. The standard InChI is InChI=1S/C25H34F3N7O/c1-23(2,3)30-13-12-29-17-6-7-18(21-33-34-22(36-21)25(26,27)28)32-20(17)16-9-14-35(15-10-16)19-8-11-31-24(19,4)5/h6-8,11,16,29-30H,9-10,12-15H2,1-5H3. The molecule has 0 bridgehead atoms. The van der Waals surface area contributed by atoms with Crippen LogP contribution in [-0.4, -0.2) is 63.6 Å². The van der Waals surface area contributed by atoms with E-state index in [9.17, 15) is 13.2 Å². The van der Waals surface area contributed by atoms with Crippen LogP contribution in [0.25, 0.3) is 11.6 Å². The van der Waals surface area contributed by atoms with Gasteiger partial charge in [0.25, 0.3) is 5.89 Å². The molecule has 0 unspecified atom stereocenters. The highest BCUT2D eigenvalue weighted by Crippen LogP contribution is 2.37. The third kappa shape index (κ3) is 6.05. The monoisotopic (exact) mass is 505 g/mol. The Morgan fingerprint density at radius 3 is 2.39 bits per heavy atom. The van der Waals surface area contributed by atoms with E-state index in [1.165, 1.54) is 5.70 Å². The molecule has 0 atom stereocenters. The predicted octanol–water partition coefficient (Wildman–Crippen LogP) is 4.88. The lowest BCUT2D eigenvalue weighted by Gasteiger charge is -2.38. The molecule has 4 rings (SSSR count). The molecule has 0 amide bonds. The first-order chi connectivity index (χ1) is 16.8. The van der Waals surface area contributed by atoms with Gasteiger partial charge in [-0.3, -0.25) is 4.99 Å². The number of anilines is 1. The van der Waals surface area contributed by atoms with Crippen LogP contribution in [0.15, 0.2) is 33.3 Å². The molecule has 2 N–H and O–H groups in total. The predicted molar refractivity (Wildman–Crippen MR) is 133 cm³/mol. The number of aromatic nitrogens is 3. The van der Waals surface area contributed by atoms with Gasteiger partial charge in [-0.25, -0.2) is 4.98 Å². The van der Waals surface area contributed by atoms with Crippen LogP contribution < -0.4 is 10.6 Å². The highest BCUT2D eigenvalue weighted by molar-refractivity contribution is 5.76. The number of alkyl halides is 3. The summed E-state index contributed by atoms with van der Waals surface area (Å²) in [5.74, 6) is -1.48. The number of hydrogen-bond donors (Lipinski definition) is 2. The maximum Gasteiger partial charge on any atom is 0.470 e. The number of piperidine rings is 1. The fraction of sp³-hybridized carbons (Fsp3) is 0.600. The number of allylic oxidation sites excluding steroid dienone is 1. The Morgan fingerprint density at radius 2 is 1.81 bits per heavy atom. The molecule has 0 radical (unpaired) electrons. The van der Waals surface area contributed by atoms with Crippen LogP contribution in [0.1, 0.15) is 65.0 Å². The molecule has 1 fully saturated rings. The summed E-state index contributed by atoms with van der Waals surface area (Å²) in [6.45, 7) is 13.7. The summed E-state index contributed by atoms with van der Waals surface area (Å²) >= 11 is 0. The van der Waals surface area contributed by atoms with E-state index in [1.807, 2.05) is 12.3 Å². The van der Waals surface area contributed by atoms with E-state index in [2.05, 4.69) is 71.4 Å². The van der Waals surface area contributed by atoms with Gasteiger partial charge in [0, 0.05) is 49.5 Å². The fourth-order valence-corrected chi connectivity index (χ4v) is 4.58. The van der Waals surface area contributed by atoms with Crippen molar-refractivity contribution in [2.45, 2.75) is 70.6 Å². The zero-order chi connectivity index (χ0) is 26.1. The third-order valence-electron chi connectivity index (χ3n) is 6.39. The molecule has 2 aromatic heterocycles. The van der Waals surface area contributed by atoms with E-state index < -0.39 is 12.1 Å². The second-order valence-electron chi connectivity index (χ2n) is 10.8. The minimum atomic E-state index is -4.70. The smallest absolute Gasteiger partial charge is 0.411 e. The number of hydrogen-bond acceptors (Lipinski definition) is 8. The first-order valence-electron chi connectivity index (χ1n) is 12.3. The Labute approximate surface area is 209 Å². The Morgan fingerprint density at radius 1 is 1.08 bits per heavy atom. The van der Waals surface area contributed by atoms with Gasteiger partial charge in [-0.1, -0.05) is 0 Å². The average Bonchev–Trinajstić information content (AvgIpc) is 3.43. The molecule has 11 heteroatoms. The topological polar surface area (TPSA) is 91.5 Å². The first kappa shape index (κ1) is 26.1. The van der Waals surface area contributed by atoms with Gasteiger partial charge in [-0.2, -0.15) is 13.2 Å². The fourth-order valence-electron chi connectivity index (χ4n) is 4.58. The SMILES string of the molecule is CC(C)(C)NCCNc1ccc(-c2nnc(C(F)(F)F)o2)nc1C1CCN(C2=CC=NC2(C)C)CC1. The number of rotatable bonds is 7. The molecule has 36 heavy (non-hydrogen) atoms. The van der Waals surface area contributed by atoms with Gasteiger partial charge < -0.3 is 20.0 Å². The lowest BCUT2D eigenvalue weighted by molar-refractivity contribution is -0.156. The molecular weight excluding hydrogens is 471 g/mol. The lowest BCUT2D eigenvalue weighted by Crippen LogP contribution is -2.39. The summed E-state index contributed by atoms with van der Waals surface area (Å²) < 4.78 is 43.8. The van der Waals surface area contributed by atoms with E-state index in [-0.39, 0.29) is 28.6 Å². The summed E-state index contributed by atoms with van der Waals surface area (Å²) in [6, 6.07) is 3.46. The van der Waals surface area contributed by atoms with Gasteiger partial charge in [0.15, 0.2) is 0 Å². The second kappa shape index (κ2) is 9.84. The zero-order valence-corrected chi connectivity index (χ0v) is 21.4. The number of nitrogens with one attached hydrogen (secondary N) is 2. The van der Waals surface area contributed by atoms with Crippen LogP contribution in [-0.2, 0) is 6.18 Å². The maximum absolute atomic E-state index is 13.0. The van der Waals surface area contributed by atoms with Crippen molar-refractivity contribution in [3.8, 4) is 11.6 Å². The summed E-state index contributed by atoms with van der Waals surface area (Å²) in [5, 5.41) is 13.6. The molecule has 8 nitrogen and oxygen atoms in total. The van der Waals surface area contributed by atoms with Crippen molar-refractivity contribution in [3.05, 3.63) is 35.5 Å². The molecule has 196 valence electrons. The van der Waals surface area contributed by atoms with E-state index >= 15 is 0 Å². The summed E-state index contributed by atoms with van der Waals surface area (Å²) in [6.07, 6.45) is 0.948. The number of aliphatic imine (C=N–C) groups is 1. The van der Waals surface area contributed by atoms with Crippen LogP contribution >= 0.6 is 0 Å². The molecule has 2 aliphatic rings. The van der Waals surface area contributed by atoms with E-state index in [0.29, 0.717) is 6.54 Å². The van der Waals surface area contributed by atoms with Gasteiger partial charge in [0.2, 0.25) is 0 Å². The van der Waals surface area contributed by atoms with Crippen LogP contribution in [0, 0.1) is 0 Å².